The van der Waals surface area contributed by atoms with Gasteiger partial charge >= 0.3 is 0 Å². The second kappa shape index (κ2) is 6.24. The van der Waals surface area contributed by atoms with Crippen LogP contribution in [0.3, 0.4) is 0 Å². The maximum atomic E-state index is 12.3. The molecule has 0 unspecified atom stereocenters. The number of carbonyl (C=O) groups excluding carboxylic acids is 2. The van der Waals surface area contributed by atoms with Crippen LogP contribution in [0, 0.1) is 0 Å². The predicted molar refractivity (Wildman–Crippen MR) is 92.7 cm³/mol. The number of amides is 1. The molecule has 1 amide bonds. The van der Waals surface area contributed by atoms with Gasteiger partial charge in [-0.2, -0.15) is 0 Å². The second-order valence-corrected chi connectivity index (χ2v) is 6.14. The molecule has 4 nitrogen and oxygen atoms in total. The number of Topliss-reactive ketones (excluding diaryl/α,β-unsaturated/α-hetero) is 1. The molecule has 0 bridgehead atoms. The zero-order chi connectivity index (χ0) is 16.6. The van der Waals surface area contributed by atoms with Gasteiger partial charge in [0.05, 0.1) is 5.56 Å². The Labute approximate surface area is 146 Å². The molecule has 2 aromatic carbocycles. The third-order valence-electron chi connectivity index (χ3n) is 3.22. The number of nitrogens with one attached hydrogen (secondary N) is 2. The van der Waals surface area contributed by atoms with Crippen LogP contribution in [0.5, 0.6) is 0 Å². The lowest BCUT2D eigenvalue weighted by atomic mass is 10.1. The summed E-state index contributed by atoms with van der Waals surface area (Å²) in [5, 5.41) is 4.38. The monoisotopic (exact) mass is 366 g/mol. The lowest BCUT2D eigenvalue weighted by molar-refractivity contribution is -0.112. The smallest absolute Gasteiger partial charge is 0.296 e. The Morgan fingerprint density at radius 3 is 2.30 bits per heavy atom. The van der Waals surface area contributed by atoms with E-state index in [1.165, 1.54) is 24.4 Å². The van der Waals surface area contributed by atoms with Crippen molar-refractivity contribution in [2.45, 2.75) is 0 Å². The minimum atomic E-state index is -0.779. The number of H-pyrrole nitrogens is 1. The Morgan fingerprint density at radius 2 is 1.61 bits per heavy atom. The van der Waals surface area contributed by atoms with E-state index in [2.05, 4.69) is 10.3 Å². The van der Waals surface area contributed by atoms with E-state index in [0.717, 1.165) is 0 Å². The Balaban J connectivity index is 1.88. The van der Waals surface area contributed by atoms with E-state index in [0.29, 0.717) is 31.7 Å². The lowest BCUT2D eigenvalue weighted by Crippen LogP contribution is -2.22. The SMILES string of the molecule is O=C(Nc1cc(Cl)cc(Cl)c1)C(=O)c1c[nH]c2cc(Cl)ccc12. The van der Waals surface area contributed by atoms with Crippen LogP contribution >= 0.6 is 34.8 Å². The molecule has 0 saturated carbocycles. The van der Waals surface area contributed by atoms with Gasteiger partial charge in [-0.05, 0) is 30.3 Å². The van der Waals surface area contributed by atoms with Crippen molar-refractivity contribution in [3.63, 3.8) is 0 Å². The molecule has 0 aliphatic rings. The fourth-order valence-corrected chi connectivity index (χ4v) is 2.92. The van der Waals surface area contributed by atoms with E-state index < -0.39 is 11.7 Å². The summed E-state index contributed by atoms with van der Waals surface area (Å²) in [6.07, 6.45) is 1.48. The molecule has 2 N–H and O–H groups in total. The van der Waals surface area contributed by atoms with Gasteiger partial charge in [-0.15, -0.1) is 0 Å². The largest absolute Gasteiger partial charge is 0.360 e. The molecule has 1 aromatic heterocycles. The molecule has 3 rings (SSSR count). The van der Waals surface area contributed by atoms with Crippen LogP contribution in [0.2, 0.25) is 15.1 Å². The number of ketones is 1. The fourth-order valence-electron chi connectivity index (χ4n) is 2.22. The number of halogens is 3. The number of aromatic amines is 1. The van der Waals surface area contributed by atoms with Crippen LogP contribution in [0.1, 0.15) is 10.4 Å². The number of anilines is 1. The van der Waals surface area contributed by atoms with Gasteiger partial charge in [0.1, 0.15) is 0 Å². The molecular formula is C16H9Cl3N2O2. The highest BCUT2D eigenvalue weighted by molar-refractivity contribution is 6.48. The molecule has 0 radical (unpaired) electrons. The highest BCUT2D eigenvalue weighted by atomic mass is 35.5. The first kappa shape index (κ1) is 15.9. The lowest BCUT2D eigenvalue weighted by Gasteiger charge is -2.05. The molecule has 0 atom stereocenters. The molecule has 0 aliphatic heterocycles. The molecule has 0 saturated heterocycles. The average Bonchev–Trinajstić information content (AvgIpc) is 2.88. The van der Waals surface area contributed by atoms with Gasteiger partial charge in [0, 0.05) is 37.9 Å². The number of aromatic nitrogens is 1. The maximum Gasteiger partial charge on any atom is 0.296 e. The van der Waals surface area contributed by atoms with Crippen molar-refractivity contribution in [1.82, 2.24) is 4.98 Å². The van der Waals surface area contributed by atoms with Gasteiger partial charge in [0.2, 0.25) is 0 Å². The predicted octanol–water partition coefficient (Wildman–Crippen LogP) is 4.95. The first-order valence-electron chi connectivity index (χ1n) is 6.52. The van der Waals surface area contributed by atoms with Crippen LogP contribution in [0.15, 0.2) is 42.6 Å². The summed E-state index contributed by atoms with van der Waals surface area (Å²) in [6, 6.07) is 9.57. The summed E-state index contributed by atoms with van der Waals surface area (Å²) in [5.41, 5.74) is 1.30. The first-order chi connectivity index (χ1) is 10.9. The van der Waals surface area contributed by atoms with Crippen molar-refractivity contribution >= 4 is 63.1 Å². The van der Waals surface area contributed by atoms with Gasteiger partial charge in [-0.3, -0.25) is 9.59 Å². The molecule has 116 valence electrons. The van der Waals surface area contributed by atoms with E-state index in [-0.39, 0.29) is 5.56 Å². The highest BCUT2D eigenvalue weighted by Crippen LogP contribution is 2.24. The van der Waals surface area contributed by atoms with Gasteiger partial charge in [-0.1, -0.05) is 40.9 Å². The second-order valence-electron chi connectivity index (χ2n) is 4.83. The summed E-state index contributed by atoms with van der Waals surface area (Å²) >= 11 is 17.6. The third-order valence-corrected chi connectivity index (χ3v) is 3.89. The maximum absolute atomic E-state index is 12.3. The van der Waals surface area contributed by atoms with Crippen LogP contribution < -0.4 is 5.32 Å². The molecule has 0 fully saturated rings. The molecule has 0 aliphatic carbocycles. The highest BCUT2D eigenvalue weighted by Gasteiger charge is 2.20. The Hall–Kier alpha value is -2.01. The van der Waals surface area contributed by atoms with Gasteiger partial charge in [0.15, 0.2) is 0 Å². The number of fused-ring (bicyclic) bond motifs is 1. The van der Waals surface area contributed by atoms with Gasteiger partial charge in [-0.25, -0.2) is 0 Å². The van der Waals surface area contributed by atoms with Crippen LogP contribution in [-0.4, -0.2) is 16.7 Å². The van der Waals surface area contributed by atoms with E-state index in [9.17, 15) is 9.59 Å². The van der Waals surface area contributed by atoms with Crippen molar-refractivity contribution in [3.05, 3.63) is 63.2 Å². The van der Waals surface area contributed by atoms with E-state index in [4.69, 9.17) is 34.8 Å². The van der Waals surface area contributed by atoms with Crippen molar-refractivity contribution < 1.29 is 9.59 Å². The van der Waals surface area contributed by atoms with Gasteiger partial charge < -0.3 is 10.3 Å². The molecule has 0 spiro atoms. The first-order valence-corrected chi connectivity index (χ1v) is 7.66. The van der Waals surface area contributed by atoms with Crippen molar-refractivity contribution in [1.29, 1.82) is 0 Å². The zero-order valence-corrected chi connectivity index (χ0v) is 13.8. The van der Waals surface area contributed by atoms with E-state index in [1.54, 1.807) is 18.2 Å². The number of hydrogen-bond acceptors (Lipinski definition) is 2. The van der Waals surface area contributed by atoms with Gasteiger partial charge in [0.25, 0.3) is 11.7 Å². The zero-order valence-electron chi connectivity index (χ0n) is 11.5. The molecule has 1 heterocycles. The third kappa shape index (κ3) is 3.34. The molecular weight excluding hydrogens is 359 g/mol. The minimum absolute atomic E-state index is 0.266. The van der Waals surface area contributed by atoms with E-state index >= 15 is 0 Å². The van der Waals surface area contributed by atoms with Crippen LogP contribution in [-0.2, 0) is 4.79 Å². The van der Waals surface area contributed by atoms with Crippen LogP contribution in [0.25, 0.3) is 10.9 Å². The van der Waals surface area contributed by atoms with Crippen molar-refractivity contribution in [2.75, 3.05) is 5.32 Å². The van der Waals surface area contributed by atoms with Crippen molar-refractivity contribution in [3.8, 4) is 0 Å². The summed E-state index contributed by atoms with van der Waals surface area (Å²) in [7, 11) is 0. The Bertz CT molecular complexity index is 914. The Kier molecular flexibility index (Phi) is 4.31. The molecule has 7 heteroatoms. The summed E-state index contributed by atoms with van der Waals surface area (Å²) in [6.45, 7) is 0. The average molecular weight is 368 g/mol. The van der Waals surface area contributed by atoms with E-state index in [1.807, 2.05) is 0 Å². The molecule has 3 aromatic rings. The fraction of sp³-hybridized carbons (Fsp3) is 0. The Morgan fingerprint density at radius 1 is 0.913 bits per heavy atom. The topological polar surface area (TPSA) is 62.0 Å². The minimum Gasteiger partial charge on any atom is -0.360 e. The number of rotatable bonds is 3. The summed E-state index contributed by atoms with van der Waals surface area (Å²) < 4.78 is 0. The standard InChI is InChI=1S/C16H9Cl3N2O2/c17-8-1-2-12-13(7-20-14(12)6-8)15(22)16(23)21-11-4-9(18)3-10(19)5-11/h1-7,20H,(H,21,23). The summed E-state index contributed by atoms with van der Waals surface area (Å²) in [5.74, 6) is -1.45. The summed E-state index contributed by atoms with van der Waals surface area (Å²) in [4.78, 5) is 27.4. The number of benzene rings is 2. The normalized spacial score (nSPS) is 10.7. The number of hydrogen-bond donors (Lipinski definition) is 2. The quantitative estimate of drug-likeness (QED) is 0.508. The number of carbonyl (C=O) groups is 2. The van der Waals surface area contributed by atoms with Crippen molar-refractivity contribution in [2.24, 2.45) is 0 Å². The van der Waals surface area contributed by atoms with Crippen LogP contribution in [0.4, 0.5) is 5.69 Å². The molecule has 23 heavy (non-hydrogen) atoms.